The Morgan fingerprint density at radius 1 is 1.04 bits per heavy atom. The van der Waals surface area contributed by atoms with Crippen LogP contribution in [0.4, 0.5) is 5.69 Å². The van der Waals surface area contributed by atoms with Gasteiger partial charge in [0.2, 0.25) is 0 Å². The molecule has 1 aliphatic heterocycles. The number of benzene rings is 1. The van der Waals surface area contributed by atoms with Gasteiger partial charge in [0.25, 0.3) is 5.69 Å². The number of para-hydroxylation sites is 1. The number of nitrogens with one attached hydrogen (secondary N) is 1. The van der Waals surface area contributed by atoms with Crippen molar-refractivity contribution in [3.63, 3.8) is 0 Å². The van der Waals surface area contributed by atoms with Gasteiger partial charge < -0.3 is 14.8 Å². The number of ether oxygens (including phenoxy) is 2. The molecule has 26 heavy (non-hydrogen) atoms. The summed E-state index contributed by atoms with van der Waals surface area (Å²) in [5.74, 6) is -2.33. The monoisotopic (exact) mass is 370 g/mol. The van der Waals surface area contributed by atoms with Crippen molar-refractivity contribution in [3.05, 3.63) is 62.5 Å². The number of carbonyl (C=O) groups excluding carboxylic acids is 2. The predicted molar refractivity (Wildman–Crippen MR) is 95.6 cm³/mol. The van der Waals surface area contributed by atoms with Crippen LogP contribution in [0, 0.1) is 10.1 Å². The van der Waals surface area contributed by atoms with Crippen LogP contribution < -0.4 is 5.32 Å². The van der Waals surface area contributed by atoms with Crippen LogP contribution >= 0.6 is 0 Å². The number of hydrogen-bond acceptors (Lipinski definition) is 7. The van der Waals surface area contributed by atoms with E-state index < -0.39 is 22.8 Å². The molecule has 9 heteroatoms. The molecule has 0 fully saturated rings. The number of nitrogens with zero attached hydrogens (tertiary/aromatic N) is 1. The molecule has 0 spiro atoms. The van der Waals surface area contributed by atoms with Crippen LogP contribution in [0.15, 0.2) is 46.8 Å². The zero-order chi connectivity index (χ0) is 18.7. The molecule has 2 rings (SSSR count). The van der Waals surface area contributed by atoms with Gasteiger partial charge in [0.1, 0.15) is 0 Å². The first-order valence-electron chi connectivity index (χ1n) is 7.42. The van der Waals surface area contributed by atoms with E-state index in [1.54, 1.807) is 19.9 Å². The second-order valence-corrected chi connectivity index (χ2v) is 5.43. The van der Waals surface area contributed by atoms with Crippen molar-refractivity contribution in [2.45, 2.75) is 19.8 Å². The quantitative estimate of drug-likeness (QED) is 0.371. The molecule has 1 N–H and O–H groups in total. The van der Waals surface area contributed by atoms with E-state index in [0.717, 1.165) is 0 Å². The van der Waals surface area contributed by atoms with E-state index in [1.165, 1.54) is 32.4 Å². The molecule has 0 bridgehead atoms. The third-order valence-electron chi connectivity index (χ3n) is 4.02. The average molecular weight is 370 g/mol. The maximum absolute atomic E-state index is 12.3. The van der Waals surface area contributed by atoms with Gasteiger partial charge in [-0.3, -0.25) is 10.1 Å². The van der Waals surface area contributed by atoms with E-state index >= 15 is 0 Å². The van der Waals surface area contributed by atoms with Crippen molar-refractivity contribution in [2.24, 2.45) is 0 Å². The second kappa shape index (κ2) is 8.98. The summed E-state index contributed by atoms with van der Waals surface area (Å²) in [7, 11) is 2.42. The fourth-order valence-corrected chi connectivity index (χ4v) is 2.96. The van der Waals surface area contributed by atoms with Crippen LogP contribution in [-0.4, -0.2) is 60.6 Å². The first-order chi connectivity index (χ1) is 11.8. The molecule has 1 aromatic rings. The molecule has 0 atom stereocenters. The molecular weight excluding hydrogens is 351 g/mol. The molecule has 0 amide bonds. The number of allylic oxidation sites excluding steroid dienone is 2. The molecule has 8 nitrogen and oxygen atoms in total. The van der Waals surface area contributed by atoms with E-state index in [-0.39, 0.29) is 52.0 Å². The summed E-state index contributed by atoms with van der Waals surface area (Å²) < 4.78 is 9.66. The number of rotatable bonds is 4. The number of dihydropyridines is 1. The Kier molecular flexibility index (Phi) is 7.55. The van der Waals surface area contributed by atoms with Gasteiger partial charge in [0.05, 0.1) is 36.2 Å². The Bertz CT molecular complexity index is 777. The predicted octanol–water partition coefficient (Wildman–Crippen LogP) is 1.53. The average Bonchev–Trinajstić information content (AvgIpc) is 2.59. The van der Waals surface area contributed by atoms with Gasteiger partial charge in [-0.15, -0.1) is 0 Å². The van der Waals surface area contributed by atoms with Crippen LogP contribution in [-0.2, 0) is 19.1 Å². The number of carbonyl (C=O) groups is 2. The molecule has 0 unspecified atom stereocenters. The summed E-state index contributed by atoms with van der Waals surface area (Å²) >= 11 is 0. The fraction of sp³-hybridized carbons (Fsp3) is 0.294. The first kappa shape index (κ1) is 21.9. The molecule has 134 valence electrons. The summed E-state index contributed by atoms with van der Waals surface area (Å²) in [5.41, 5.74) is 1.19. The molecule has 1 heterocycles. The summed E-state index contributed by atoms with van der Waals surface area (Å²) in [6, 6.07) is 5.97. The van der Waals surface area contributed by atoms with Crippen LogP contribution in [0.2, 0.25) is 0 Å². The van der Waals surface area contributed by atoms with Gasteiger partial charge >= 0.3 is 41.5 Å². The molecule has 0 saturated carbocycles. The Hall–Kier alpha value is -2.16. The first-order valence-corrected chi connectivity index (χ1v) is 7.42. The third-order valence-corrected chi connectivity index (χ3v) is 4.02. The number of nitro groups is 1. The van der Waals surface area contributed by atoms with Gasteiger partial charge in [-0.2, -0.15) is 0 Å². The Morgan fingerprint density at radius 2 is 1.50 bits per heavy atom. The summed E-state index contributed by atoms with van der Waals surface area (Å²) in [6.07, 6.45) is 0. The van der Waals surface area contributed by atoms with Crippen molar-refractivity contribution < 1.29 is 24.0 Å². The van der Waals surface area contributed by atoms with E-state index in [2.05, 4.69) is 5.32 Å². The van der Waals surface area contributed by atoms with E-state index in [4.69, 9.17) is 9.47 Å². The number of nitro benzene ring substituents is 1. The van der Waals surface area contributed by atoms with Gasteiger partial charge in [-0.25, -0.2) is 9.59 Å². The topological polar surface area (TPSA) is 108 Å². The van der Waals surface area contributed by atoms with E-state index in [0.29, 0.717) is 11.4 Å². The second-order valence-electron chi connectivity index (χ2n) is 5.43. The summed E-state index contributed by atoms with van der Waals surface area (Å²) in [5, 5.41) is 14.4. The maximum atomic E-state index is 12.3. The molecule has 0 aliphatic carbocycles. The molecule has 0 aromatic heterocycles. The number of hydrogen-bond donors (Lipinski definition) is 1. The molecule has 1 aliphatic rings. The number of esters is 2. The van der Waals surface area contributed by atoms with Crippen LogP contribution in [0.1, 0.15) is 25.3 Å². The summed E-state index contributed by atoms with van der Waals surface area (Å²) in [6.45, 7) is 3.29. The van der Waals surface area contributed by atoms with Crippen LogP contribution in [0.25, 0.3) is 0 Å². The van der Waals surface area contributed by atoms with Gasteiger partial charge in [0.15, 0.2) is 0 Å². The number of methoxy groups -OCH3 is 2. The van der Waals surface area contributed by atoms with Crippen LogP contribution in [0.5, 0.6) is 0 Å². The van der Waals surface area contributed by atoms with Gasteiger partial charge in [-0.05, 0) is 13.8 Å². The normalized spacial score (nSPS) is 14.3. The van der Waals surface area contributed by atoms with Crippen molar-refractivity contribution in [1.29, 1.82) is 0 Å². The zero-order valence-corrected chi connectivity index (χ0v) is 14.3. The van der Waals surface area contributed by atoms with E-state index in [9.17, 15) is 19.7 Å². The fourth-order valence-electron chi connectivity index (χ4n) is 2.96. The van der Waals surface area contributed by atoms with Crippen molar-refractivity contribution >= 4 is 47.2 Å². The van der Waals surface area contributed by atoms with E-state index in [1.807, 2.05) is 0 Å². The van der Waals surface area contributed by atoms with Crippen molar-refractivity contribution in [1.82, 2.24) is 5.32 Å². The van der Waals surface area contributed by atoms with Crippen molar-refractivity contribution in [2.75, 3.05) is 14.2 Å². The standard InChI is InChI=1S/C17H18N2O6.Na.H/c1-9-13(16(20)24-3)15(14(10(2)18-9)17(21)25-4)11-7-5-6-8-12(11)19(22)23;;/h5-8,15,18H,1-4H3;;. The minimum absolute atomic E-state index is 0. The third kappa shape index (κ3) is 3.98. The van der Waals surface area contributed by atoms with Crippen LogP contribution in [0.3, 0.4) is 0 Å². The Balaban J connectivity index is 0.00000338. The van der Waals surface area contributed by atoms with Gasteiger partial charge in [0, 0.05) is 23.0 Å². The molecule has 0 saturated heterocycles. The van der Waals surface area contributed by atoms with Crippen molar-refractivity contribution in [3.8, 4) is 0 Å². The minimum atomic E-state index is -0.970. The zero-order valence-electron chi connectivity index (χ0n) is 14.3. The Labute approximate surface area is 172 Å². The van der Waals surface area contributed by atoms with Gasteiger partial charge in [-0.1, -0.05) is 18.2 Å². The molecular formula is C17H19N2NaO6. The Morgan fingerprint density at radius 3 is 1.92 bits per heavy atom. The SMILES string of the molecule is COC(=O)C1=C(C)NC(C)=C(C(=O)OC)C1c1ccccc1[N+](=O)[O-].[NaH]. The summed E-state index contributed by atoms with van der Waals surface area (Å²) in [4.78, 5) is 35.6. The molecule has 1 aromatic carbocycles. The molecule has 0 radical (unpaired) electrons.